The van der Waals surface area contributed by atoms with Crippen LogP contribution in [0, 0.1) is 11.7 Å². The van der Waals surface area contributed by atoms with Gasteiger partial charge in [-0.25, -0.2) is 4.39 Å². The van der Waals surface area contributed by atoms with E-state index in [2.05, 4.69) is 0 Å². The number of fused-ring (bicyclic) bond motifs is 1. The molecule has 0 N–H and O–H groups in total. The molecule has 0 spiro atoms. The molecule has 0 radical (unpaired) electrons. The third-order valence-corrected chi connectivity index (χ3v) is 6.01. The summed E-state index contributed by atoms with van der Waals surface area (Å²) in [6.45, 7) is 1.41. The van der Waals surface area contributed by atoms with Gasteiger partial charge in [-0.2, -0.15) is 0 Å². The highest BCUT2D eigenvalue weighted by atomic mass is 19.1. The van der Waals surface area contributed by atoms with Crippen LogP contribution < -0.4 is 0 Å². The molecular formula is C23H24FNO2. The molecule has 1 amide bonds. The maximum absolute atomic E-state index is 13.1. The van der Waals surface area contributed by atoms with E-state index in [1.54, 1.807) is 0 Å². The number of rotatable bonds is 2. The molecule has 2 aromatic rings. The van der Waals surface area contributed by atoms with Gasteiger partial charge in [-0.15, -0.1) is 0 Å². The lowest BCUT2D eigenvalue weighted by molar-refractivity contribution is -0.136. The Morgan fingerprint density at radius 2 is 1.67 bits per heavy atom. The summed E-state index contributed by atoms with van der Waals surface area (Å²) in [6, 6.07) is 14.4. The first-order valence-electron chi connectivity index (χ1n) is 9.77. The van der Waals surface area contributed by atoms with E-state index >= 15 is 0 Å². The molecule has 1 saturated heterocycles. The van der Waals surface area contributed by atoms with Gasteiger partial charge in [0.1, 0.15) is 5.82 Å². The van der Waals surface area contributed by atoms with Crippen molar-refractivity contribution in [3.63, 3.8) is 0 Å². The Kier molecular flexibility index (Phi) is 5.06. The number of ketones is 1. The summed E-state index contributed by atoms with van der Waals surface area (Å²) in [6.07, 6.45) is 3.61. The van der Waals surface area contributed by atoms with E-state index in [1.807, 2.05) is 41.3 Å². The summed E-state index contributed by atoms with van der Waals surface area (Å²) < 4.78 is 13.1. The summed E-state index contributed by atoms with van der Waals surface area (Å²) in [5.74, 6) is 0.142. The molecule has 1 fully saturated rings. The molecule has 0 saturated carbocycles. The normalized spacial score (nSPS) is 20.9. The molecule has 1 aliphatic carbocycles. The molecule has 3 nitrogen and oxygen atoms in total. The second-order valence-corrected chi connectivity index (χ2v) is 7.67. The van der Waals surface area contributed by atoms with Crippen molar-refractivity contribution in [2.45, 2.75) is 38.0 Å². The van der Waals surface area contributed by atoms with E-state index < -0.39 is 0 Å². The maximum atomic E-state index is 13.1. The zero-order chi connectivity index (χ0) is 18.8. The fourth-order valence-corrected chi connectivity index (χ4v) is 4.41. The molecule has 0 aromatic heterocycles. The molecule has 1 unspecified atom stereocenters. The first kappa shape index (κ1) is 17.9. The SMILES string of the molecule is O=C1CC(C(=O)N2CCC(c3ccc(F)cc3)CC2)CCc2ccccc21. The van der Waals surface area contributed by atoms with Crippen molar-refractivity contribution in [1.29, 1.82) is 0 Å². The van der Waals surface area contributed by atoms with Crippen LogP contribution >= 0.6 is 0 Å². The van der Waals surface area contributed by atoms with Crippen LogP contribution in [0.2, 0.25) is 0 Å². The van der Waals surface area contributed by atoms with Gasteiger partial charge in [-0.3, -0.25) is 9.59 Å². The van der Waals surface area contributed by atoms with Crippen LogP contribution in [0.1, 0.15) is 53.1 Å². The van der Waals surface area contributed by atoms with Crippen molar-refractivity contribution in [2.24, 2.45) is 5.92 Å². The topological polar surface area (TPSA) is 37.4 Å². The summed E-state index contributed by atoms with van der Waals surface area (Å²) >= 11 is 0. The Bertz CT molecular complexity index is 838. The van der Waals surface area contributed by atoms with Gasteiger partial charge in [0, 0.05) is 31.0 Å². The zero-order valence-electron chi connectivity index (χ0n) is 15.4. The van der Waals surface area contributed by atoms with Gasteiger partial charge in [-0.1, -0.05) is 36.4 Å². The van der Waals surface area contributed by atoms with E-state index in [4.69, 9.17) is 0 Å². The number of piperidine rings is 1. The number of aryl methyl sites for hydroxylation is 1. The Hall–Kier alpha value is -2.49. The molecule has 2 aliphatic rings. The van der Waals surface area contributed by atoms with Crippen molar-refractivity contribution in [1.82, 2.24) is 4.90 Å². The van der Waals surface area contributed by atoms with Gasteiger partial charge < -0.3 is 4.90 Å². The maximum Gasteiger partial charge on any atom is 0.226 e. The third-order valence-electron chi connectivity index (χ3n) is 6.01. The van der Waals surface area contributed by atoms with Crippen molar-refractivity contribution in [2.75, 3.05) is 13.1 Å². The highest BCUT2D eigenvalue weighted by molar-refractivity contribution is 6.00. The number of halogens is 1. The Morgan fingerprint density at radius 1 is 0.963 bits per heavy atom. The molecule has 4 rings (SSSR count). The number of Topliss-reactive ketones (excluding diaryl/α,β-unsaturated/α-hetero) is 1. The van der Waals surface area contributed by atoms with Crippen LogP contribution in [0.25, 0.3) is 0 Å². The van der Waals surface area contributed by atoms with Gasteiger partial charge in [0.25, 0.3) is 0 Å². The van der Waals surface area contributed by atoms with E-state index in [-0.39, 0.29) is 23.4 Å². The number of nitrogens with zero attached hydrogens (tertiary/aromatic N) is 1. The Balaban J connectivity index is 1.38. The molecule has 1 aliphatic heterocycles. The van der Waals surface area contributed by atoms with Crippen molar-refractivity contribution in [3.8, 4) is 0 Å². The second kappa shape index (κ2) is 7.63. The predicted molar refractivity (Wildman–Crippen MR) is 102 cm³/mol. The summed E-state index contributed by atoms with van der Waals surface area (Å²) in [5, 5.41) is 0. The molecule has 140 valence electrons. The number of carbonyl (C=O) groups is 2. The molecule has 2 aromatic carbocycles. The minimum Gasteiger partial charge on any atom is -0.342 e. The average Bonchev–Trinajstić information content (AvgIpc) is 2.87. The average molecular weight is 365 g/mol. The van der Waals surface area contributed by atoms with Crippen LogP contribution in [-0.4, -0.2) is 29.7 Å². The lowest BCUT2D eigenvalue weighted by atomic mass is 9.88. The number of amides is 1. The van der Waals surface area contributed by atoms with Crippen LogP contribution in [0.3, 0.4) is 0 Å². The first-order valence-corrected chi connectivity index (χ1v) is 9.77. The quantitative estimate of drug-likeness (QED) is 0.741. The highest BCUT2D eigenvalue weighted by Crippen LogP contribution is 2.31. The molecule has 1 heterocycles. The third kappa shape index (κ3) is 3.80. The van der Waals surface area contributed by atoms with Gasteiger partial charge in [0.2, 0.25) is 5.91 Å². The van der Waals surface area contributed by atoms with Crippen LogP contribution in [0.4, 0.5) is 4.39 Å². The summed E-state index contributed by atoms with van der Waals surface area (Å²) in [5.41, 5.74) is 2.99. The minimum absolute atomic E-state index is 0.0858. The standard InChI is InChI=1S/C23H24FNO2/c24-20-9-7-16(8-10-20)17-11-13-25(14-12-17)23(27)19-6-5-18-3-1-2-4-21(18)22(26)15-19/h1-4,7-10,17,19H,5-6,11-15H2. The first-order chi connectivity index (χ1) is 13.1. The van der Waals surface area contributed by atoms with Crippen molar-refractivity contribution >= 4 is 11.7 Å². The Labute approximate surface area is 159 Å². The van der Waals surface area contributed by atoms with Crippen molar-refractivity contribution in [3.05, 3.63) is 71.0 Å². The molecule has 1 atom stereocenters. The second-order valence-electron chi connectivity index (χ2n) is 7.67. The molecule has 4 heteroatoms. The molecule has 27 heavy (non-hydrogen) atoms. The Morgan fingerprint density at radius 3 is 2.41 bits per heavy atom. The van der Waals surface area contributed by atoms with Gasteiger partial charge in [0.15, 0.2) is 5.78 Å². The smallest absolute Gasteiger partial charge is 0.226 e. The fourth-order valence-electron chi connectivity index (χ4n) is 4.41. The molecular weight excluding hydrogens is 341 g/mol. The number of hydrogen-bond acceptors (Lipinski definition) is 2. The number of hydrogen-bond donors (Lipinski definition) is 0. The largest absolute Gasteiger partial charge is 0.342 e. The number of carbonyl (C=O) groups excluding carboxylic acids is 2. The lowest BCUT2D eigenvalue weighted by Gasteiger charge is -2.34. The number of likely N-dealkylation sites (tertiary alicyclic amines) is 1. The van der Waals surface area contributed by atoms with Gasteiger partial charge in [0.05, 0.1) is 0 Å². The monoisotopic (exact) mass is 365 g/mol. The van der Waals surface area contributed by atoms with E-state index in [0.717, 1.165) is 42.4 Å². The molecule has 0 bridgehead atoms. The highest BCUT2D eigenvalue weighted by Gasteiger charge is 2.32. The lowest BCUT2D eigenvalue weighted by Crippen LogP contribution is -2.41. The number of benzene rings is 2. The van der Waals surface area contributed by atoms with Crippen LogP contribution in [0.5, 0.6) is 0 Å². The van der Waals surface area contributed by atoms with E-state index in [9.17, 15) is 14.0 Å². The zero-order valence-corrected chi connectivity index (χ0v) is 15.4. The summed E-state index contributed by atoms with van der Waals surface area (Å²) in [4.78, 5) is 27.5. The van der Waals surface area contributed by atoms with Gasteiger partial charge >= 0.3 is 0 Å². The van der Waals surface area contributed by atoms with Crippen LogP contribution in [0.15, 0.2) is 48.5 Å². The van der Waals surface area contributed by atoms with Crippen molar-refractivity contribution < 1.29 is 14.0 Å². The van der Waals surface area contributed by atoms with E-state index in [0.29, 0.717) is 25.4 Å². The summed E-state index contributed by atoms with van der Waals surface area (Å²) in [7, 11) is 0. The fraction of sp³-hybridized carbons (Fsp3) is 0.391. The van der Waals surface area contributed by atoms with E-state index in [1.165, 1.54) is 12.1 Å². The predicted octanol–water partition coefficient (Wildman–Crippen LogP) is 4.37. The van der Waals surface area contributed by atoms with Gasteiger partial charge in [-0.05, 0) is 54.9 Å². The minimum atomic E-state index is -0.217. The van der Waals surface area contributed by atoms with Crippen LogP contribution in [-0.2, 0) is 11.2 Å².